The normalized spacial score (nSPS) is 12.5. The van der Waals surface area contributed by atoms with E-state index in [0.29, 0.717) is 5.41 Å². The molecule has 0 amide bonds. The lowest BCUT2D eigenvalue weighted by Gasteiger charge is -2.17. The highest BCUT2D eigenvalue weighted by Gasteiger charge is 2.26. The van der Waals surface area contributed by atoms with Crippen molar-refractivity contribution in [3.05, 3.63) is 0 Å². The number of ketones is 1. The lowest BCUT2D eigenvalue weighted by Crippen LogP contribution is -2.37. The van der Waals surface area contributed by atoms with Crippen molar-refractivity contribution in [2.75, 3.05) is 7.05 Å². The van der Waals surface area contributed by atoms with E-state index < -0.39 is 14.8 Å². The molecule has 0 aromatic carbocycles. The molecular weight excluding hydrogens is 298 g/mol. The van der Waals surface area contributed by atoms with E-state index in [4.69, 9.17) is 0 Å². The van der Waals surface area contributed by atoms with Crippen LogP contribution in [-0.4, -0.2) is 26.0 Å². The summed E-state index contributed by atoms with van der Waals surface area (Å²) in [5, 5.41) is 0. The quantitative estimate of drug-likeness (QED) is 0.771. The van der Waals surface area contributed by atoms with Gasteiger partial charge >= 0.3 is 0 Å². The summed E-state index contributed by atoms with van der Waals surface area (Å²) >= 11 is 0. The Bertz CT molecular complexity index is 405. The third-order valence-electron chi connectivity index (χ3n) is 3.19. The van der Waals surface area contributed by atoms with Crippen molar-refractivity contribution in [2.24, 2.45) is 10.8 Å². The number of carbonyl (C=O) groups excluding carboxylic acids is 1. The maximum atomic E-state index is 10.9. The smallest absolute Gasteiger partial charge is 0.216 e. The van der Waals surface area contributed by atoms with Crippen LogP contribution < -0.4 is 4.72 Å². The van der Waals surface area contributed by atoms with Gasteiger partial charge in [0.25, 0.3) is 0 Å². The zero-order chi connectivity index (χ0) is 19.0. The van der Waals surface area contributed by atoms with Crippen LogP contribution in [0.1, 0.15) is 82.6 Å². The molecule has 0 aliphatic carbocycles. The molecule has 0 aliphatic rings. The molecule has 5 heteroatoms. The van der Waals surface area contributed by atoms with Crippen molar-refractivity contribution in [3.8, 4) is 0 Å². The lowest BCUT2D eigenvalue weighted by molar-refractivity contribution is -0.124. The van der Waals surface area contributed by atoms with E-state index in [1.165, 1.54) is 13.5 Å². The van der Waals surface area contributed by atoms with Gasteiger partial charge in [0.05, 0.1) is 4.75 Å². The zero-order valence-corrected chi connectivity index (χ0v) is 17.7. The number of carbonyl (C=O) groups is 1. The van der Waals surface area contributed by atoms with Crippen molar-refractivity contribution in [3.63, 3.8) is 0 Å². The fourth-order valence-corrected chi connectivity index (χ4v) is 0.919. The molecule has 0 atom stereocenters. The van der Waals surface area contributed by atoms with E-state index in [0.717, 1.165) is 0 Å². The van der Waals surface area contributed by atoms with Crippen LogP contribution in [0.25, 0.3) is 0 Å². The molecule has 0 aromatic rings. The predicted molar refractivity (Wildman–Crippen MR) is 97.6 cm³/mol. The van der Waals surface area contributed by atoms with E-state index in [1.54, 1.807) is 27.7 Å². The Hall–Kier alpha value is -0.420. The summed E-state index contributed by atoms with van der Waals surface area (Å²) in [7, 11) is -1.67. The van der Waals surface area contributed by atoms with Gasteiger partial charge in [-0.25, -0.2) is 13.1 Å². The monoisotopic (exact) mass is 337 g/mol. The molecule has 0 bridgehead atoms. The molecule has 1 N–H and O–H groups in total. The number of Topliss-reactive ketones (excluding diaryl/α,β-unsaturated/α-hetero) is 1. The van der Waals surface area contributed by atoms with Gasteiger partial charge in [0.2, 0.25) is 10.0 Å². The predicted octanol–water partition coefficient (Wildman–Crippen LogP) is 4.40. The number of hydrogen-bond acceptors (Lipinski definition) is 3. The Balaban J connectivity index is -0.000000252. The first-order valence-electron chi connectivity index (χ1n) is 7.76. The third kappa shape index (κ3) is 16.0. The second-order valence-electron chi connectivity index (χ2n) is 8.54. The van der Waals surface area contributed by atoms with Crippen LogP contribution in [0.2, 0.25) is 0 Å². The van der Waals surface area contributed by atoms with Gasteiger partial charge in [0, 0.05) is 5.41 Å². The zero-order valence-electron chi connectivity index (χ0n) is 16.8. The van der Waals surface area contributed by atoms with Crippen molar-refractivity contribution in [2.45, 2.75) is 87.3 Å². The molecule has 0 radical (unpaired) electrons. The lowest BCUT2D eigenvalue weighted by atomic mass is 9.92. The van der Waals surface area contributed by atoms with E-state index >= 15 is 0 Å². The summed E-state index contributed by atoms with van der Waals surface area (Å²) in [5.74, 6) is 0.243. The van der Waals surface area contributed by atoms with Crippen LogP contribution in [0.4, 0.5) is 0 Å². The number of sulfonamides is 1. The summed E-state index contributed by atoms with van der Waals surface area (Å²) < 4.78 is 23.4. The Morgan fingerprint density at radius 1 is 0.909 bits per heavy atom. The second kappa shape index (κ2) is 9.66. The van der Waals surface area contributed by atoms with Gasteiger partial charge in [0.15, 0.2) is 0 Å². The highest BCUT2D eigenvalue weighted by molar-refractivity contribution is 7.90. The van der Waals surface area contributed by atoms with Gasteiger partial charge in [-0.05, 0) is 40.2 Å². The average molecular weight is 338 g/mol. The van der Waals surface area contributed by atoms with E-state index in [1.807, 2.05) is 20.8 Å². The number of rotatable bonds is 1. The molecule has 0 saturated carbocycles. The molecule has 136 valence electrons. The first-order chi connectivity index (χ1) is 9.31. The van der Waals surface area contributed by atoms with Gasteiger partial charge in [-0.15, -0.1) is 0 Å². The molecule has 0 saturated heterocycles. The molecule has 0 aromatic heterocycles. The Kier molecular flexibility index (Phi) is 11.6. The van der Waals surface area contributed by atoms with Crippen molar-refractivity contribution < 1.29 is 13.2 Å². The van der Waals surface area contributed by atoms with Crippen LogP contribution in [0, 0.1) is 10.8 Å². The van der Waals surface area contributed by atoms with Crippen molar-refractivity contribution in [1.29, 1.82) is 0 Å². The standard InChI is InChI=1S/C6H12O.C6H14.C5H13NO2S/c1-5(7)6(2,3)4;1-5-6(2,3)4;1-5(2,3)9(7,8)6-4/h1-4H3;5H2,1-4H3;6H,1-4H3. The van der Waals surface area contributed by atoms with Gasteiger partial charge in [-0.3, -0.25) is 4.79 Å². The molecule has 0 unspecified atom stereocenters. The fourth-order valence-electron chi connectivity index (χ4n) is 0.306. The van der Waals surface area contributed by atoms with Gasteiger partial charge < -0.3 is 0 Å². The molecule has 22 heavy (non-hydrogen) atoms. The van der Waals surface area contributed by atoms with E-state index in [2.05, 4.69) is 32.4 Å². The van der Waals surface area contributed by atoms with Crippen LogP contribution in [0.5, 0.6) is 0 Å². The first-order valence-corrected chi connectivity index (χ1v) is 9.24. The highest BCUT2D eigenvalue weighted by atomic mass is 32.2. The molecule has 0 fully saturated rings. The summed E-state index contributed by atoms with van der Waals surface area (Å²) in [4.78, 5) is 10.5. The third-order valence-corrected chi connectivity index (χ3v) is 5.34. The first kappa shape index (κ1) is 26.5. The maximum Gasteiger partial charge on any atom is 0.216 e. The molecule has 4 nitrogen and oxygen atoms in total. The van der Waals surface area contributed by atoms with E-state index in [9.17, 15) is 13.2 Å². The van der Waals surface area contributed by atoms with Gasteiger partial charge in [-0.1, -0.05) is 54.9 Å². The minimum Gasteiger partial charge on any atom is -0.299 e. The van der Waals surface area contributed by atoms with Crippen LogP contribution >= 0.6 is 0 Å². The van der Waals surface area contributed by atoms with Crippen molar-refractivity contribution in [1.82, 2.24) is 4.72 Å². The summed E-state index contributed by atoms with van der Waals surface area (Å²) in [5.41, 5.74) is 0.403. The second-order valence-corrected chi connectivity index (χ2v) is 11.2. The SMILES string of the molecule is CC(=O)C(C)(C)C.CCC(C)(C)C.CNS(=O)(=O)C(C)(C)C. The fraction of sp³-hybridized carbons (Fsp3) is 0.941. The molecular formula is C17H39NO3S. The van der Waals surface area contributed by atoms with Gasteiger partial charge in [0.1, 0.15) is 5.78 Å². The molecule has 0 rings (SSSR count). The topological polar surface area (TPSA) is 63.2 Å². The average Bonchev–Trinajstić information content (AvgIpc) is 2.27. The number of hydrogen-bond donors (Lipinski definition) is 1. The van der Waals surface area contributed by atoms with Crippen molar-refractivity contribution >= 4 is 15.8 Å². The minimum atomic E-state index is -3.09. The molecule has 0 heterocycles. The number of nitrogens with one attached hydrogen (secondary N) is 1. The summed E-state index contributed by atoms with van der Waals surface area (Å²) in [6, 6.07) is 0. The summed E-state index contributed by atoms with van der Waals surface area (Å²) in [6.07, 6.45) is 1.27. The Labute approximate surface area is 139 Å². The van der Waals surface area contributed by atoms with Crippen LogP contribution in [-0.2, 0) is 14.8 Å². The van der Waals surface area contributed by atoms with Crippen LogP contribution in [0.3, 0.4) is 0 Å². The van der Waals surface area contributed by atoms with Crippen LogP contribution in [0.15, 0.2) is 0 Å². The maximum absolute atomic E-state index is 10.9. The Morgan fingerprint density at radius 3 is 1.14 bits per heavy atom. The van der Waals surface area contributed by atoms with Gasteiger partial charge in [-0.2, -0.15) is 0 Å². The summed E-state index contributed by atoms with van der Waals surface area (Å²) in [6.45, 7) is 21.2. The minimum absolute atomic E-state index is 0.139. The largest absolute Gasteiger partial charge is 0.299 e. The molecule has 0 aliphatic heterocycles. The highest BCUT2D eigenvalue weighted by Crippen LogP contribution is 2.16. The Morgan fingerprint density at radius 2 is 1.14 bits per heavy atom. The molecule has 0 spiro atoms. The van der Waals surface area contributed by atoms with E-state index in [-0.39, 0.29) is 11.2 Å².